The van der Waals surface area contributed by atoms with E-state index in [0.29, 0.717) is 19.3 Å². The predicted octanol–water partition coefficient (Wildman–Crippen LogP) is 1.33. The Morgan fingerprint density at radius 2 is 1.59 bits per heavy atom. The third-order valence-electron chi connectivity index (χ3n) is 9.94. The fourth-order valence-corrected chi connectivity index (χ4v) is 8.91. The molecule has 5 rings (SSSR count). The van der Waals surface area contributed by atoms with Gasteiger partial charge in [-0.2, -0.15) is 0 Å². The highest BCUT2D eigenvalue weighted by Crippen LogP contribution is 2.73. The monoisotopic (exact) mass is 452 g/mol. The van der Waals surface area contributed by atoms with Gasteiger partial charge in [-0.3, -0.25) is 9.59 Å². The Kier molecular flexibility index (Phi) is 4.41. The molecule has 2 bridgehead atoms. The van der Waals surface area contributed by atoms with Crippen LogP contribution in [-0.4, -0.2) is 68.5 Å². The summed E-state index contributed by atoms with van der Waals surface area (Å²) in [6.07, 6.45) is -0.447. The fraction of sp³-hybridized carbons (Fsp3) is 0.917. The van der Waals surface area contributed by atoms with Crippen LogP contribution in [0.15, 0.2) is 0 Å². The Hall–Kier alpha value is -1.22. The van der Waals surface area contributed by atoms with Crippen molar-refractivity contribution >= 4 is 11.9 Å². The predicted molar refractivity (Wildman–Crippen MR) is 111 cm³/mol. The van der Waals surface area contributed by atoms with Crippen molar-refractivity contribution in [3.8, 4) is 0 Å². The van der Waals surface area contributed by atoms with Gasteiger partial charge in [-0.1, -0.05) is 13.8 Å². The molecule has 0 unspecified atom stereocenters. The SMILES string of the molecule is CC(=O)O[C@H]1[C@H]2CC[C@H]3[C@@](C)(O)[C@@H]4[C@@H]5O[C@@H]5C(C)(C)[C@@]4(O)[C@H](OC(C)=O)C[C@@]13C[C@@]2(C)O. The lowest BCUT2D eigenvalue weighted by atomic mass is 9.57. The number of ether oxygens (including phenoxy) is 3. The lowest BCUT2D eigenvalue weighted by Crippen LogP contribution is -2.63. The summed E-state index contributed by atoms with van der Waals surface area (Å²) in [7, 11) is 0. The minimum atomic E-state index is -1.54. The second-order valence-corrected chi connectivity index (χ2v) is 12.1. The van der Waals surface area contributed by atoms with E-state index in [0.717, 1.165) is 0 Å². The molecule has 1 heterocycles. The van der Waals surface area contributed by atoms with Gasteiger partial charge in [-0.05, 0) is 45.4 Å². The van der Waals surface area contributed by atoms with Gasteiger partial charge in [0.2, 0.25) is 0 Å². The van der Waals surface area contributed by atoms with Crippen LogP contribution >= 0.6 is 0 Å². The Bertz CT molecular complexity index is 864. The van der Waals surface area contributed by atoms with Crippen LogP contribution in [0.5, 0.6) is 0 Å². The molecule has 4 aliphatic carbocycles. The third-order valence-corrected chi connectivity index (χ3v) is 9.94. The van der Waals surface area contributed by atoms with Gasteiger partial charge >= 0.3 is 11.9 Å². The smallest absolute Gasteiger partial charge is 0.303 e. The molecule has 4 saturated carbocycles. The number of aliphatic hydroxyl groups is 3. The average molecular weight is 453 g/mol. The second-order valence-electron chi connectivity index (χ2n) is 12.1. The first-order valence-corrected chi connectivity index (χ1v) is 11.8. The Morgan fingerprint density at radius 1 is 0.969 bits per heavy atom. The summed E-state index contributed by atoms with van der Waals surface area (Å²) in [5, 5.41) is 35.9. The number of hydrogen-bond acceptors (Lipinski definition) is 8. The molecule has 0 radical (unpaired) electrons. The Labute approximate surface area is 188 Å². The minimum absolute atomic E-state index is 0.202. The number of hydrogen-bond donors (Lipinski definition) is 3. The van der Waals surface area contributed by atoms with Crippen LogP contribution in [0.3, 0.4) is 0 Å². The maximum absolute atomic E-state index is 12.3. The fourth-order valence-electron chi connectivity index (χ4n) is 8.91. The lowest BCUT2D eigenvalue weighted by Gasteiger charge is -2.52. The number of epoxide rings is 1. The molecular formula is C24H36O8. The van der Waals surface area contributed by atoms with Gasteiger partial charge < -0.3 is 29.5 Å². The standard InChI is InChI=1S/C24H36O8/c1-11(25)30-15-9-23-10-21(5,27)13(18(23)31-12(2)26)7-8-14(23)22(6,28)17-16-19(32-16)20(3,4)24(15,17)29/h13-19,27-29H,7-10H2,1-6H3/t13-,14+,15-,16+,17+,18+,19+,21-,22-,23+,24-/m1/s1. The average Bonchev–Trinajstić information content (AvgIpc) is 3.35. The van der Waals surface area contributed by atoms with Crippen LogP contribution in [-0.2, 0) is 23.8 Å². The zero-order chi connectivity index (χ0) is 23.6. The summed E-state index contributed by atoms with van der Waals surface area (Å²) in [5.41, 5.74) is -5.65. The van der Waals surface area contributed by atoms with Crippen molar-refractivity contribution < 1.29 is 39.1 Å². The summed E-state index contributed by atoms with van der Waals surface area (Å²) >= 11 is 0. The molecule has 5 fully saturated rings. The summed E-state index contributed by atoms with van der Waals surface area (Å²) in [4.78, 5) is 24.3. The van der Waals surface area contributed by atoms with Crippen LogP contribution in [0.4, 0.5) is 0 Å². The van der Waals surface area contributed by atoms with Crippen LogP contribution in [0.1, 0.15) is 67.2 Å². The topological polar surface area (TPSA) is 126 Å². The number of fused-ring (bicyclic) bond motifs is 4. The van der Waals surface area contributed by atoms with E-state index in [2.05, 4.69) is 0 Å². The van der Waals surface area contributed by atoms with E-state index < -0.39 is 57.7 Å². The molecule has 32 heavy (non-hydrogen) atoms. The van der Waals surface area contributed by atoms with E-state index in [1.807, 2.05) is 13.8 Å². The normalized spacial score (nSPS) is 57.0. The molecule has 0 amide bonds. The lowest BCUT2D eigenvalue weighted by molar-refractivity contribution is -0.230. The maximum atomic E-state index is 12.3. The first-order valence-electron chi connectivity index (χ1n) is 11.8. The summed E-state index contributed by atoms with van der Waals surface area (Å²) in [6, 6.07) is 0. The van der Waals surface area contributed by atoms with E-state index in [-0.39, 0.29) is 30.5 Å². The molecule has 1 spiro atoms. The van der Waals surface area contributed by atoms with Gasteiger partial charge in [0.25, 0.3) is 0 Å². The van der Waals surface area contributed by atoms with Crippen LogP contribution in [0, 0.1) is 28.6 Å². The molecule has 1 aliphatic heterocycles. The zero-order valence-corrected chi connectivity index (χ0v) is 19.8. The Morgan fingerprint density at radius 3 is 2.19 bits per heavy atom. The molecule has 1 saturated heterocycles. The second kappa shape index (κ2) is 6.26. The summed E-state index contributed by atoms with van der Waals surface area (Å²) < 4.78 is 17.6. The van der Waals surface area contributed by atoms with E-state index in [4.69, 9.17) is 14.2 Å². The van der Waals surface area contributed by atoms with E-state index >= 15 is 0 Å². The summed E-state index contributed by atoms with van der Waals surface area (Å²) in [6.45, 7) is 9.95. The van der Waals surface area contributed by atoms with Gasteiger partial charge in [0.05, 0.1) is 23.4 Å². The number of carbonyl (C=O) groups is 2. The molecule has 0 aromatic carbocycles. The molecule has 3 N–H and O–H groups in total. The molecule has 0 aromatic rings. The van der Waals surface area contributed by atoms with E-state index in [1.165, 1.54) is 13.8 Å². The summed E-state index contributed by atoms with van der Waals surface area (Å²) in [5.74, 6) is -2.31. The van der Waals surface area contributed by atoms with Crippen molar-refractivity contribution in [1.29, 1.82) is 0 Å². The molecule has 180 valence electrons. The number of rotatable bonds is 2. The van der Waals surface area contributed by atoms with Crippen molar-refractivity contribution in [3.05, 3.63) is 0 Å². The van der Waals surface area contributed by atoms with Gasteiger partial charge in [-0.15, -0.1) is 0 Å². The minimum Gasteiger partial charge on any atom is -0.462 e. The van der Waals surface area contributed by atoms with Gasteiger partial charge in [0.15, 0.2) is 0 Å². The van der Waals surface area contributed by atoms with Crippen LogP contribution in [0.2, 0.25) is 0 Å². The molecule has 11 atom stereocenters. The van der Waals surface area contributed by atoms with Gasteiger partial charge in [0, 0.05) is 36.5 Å². The van der Waals surface area contributed by atoms with Crippen molar-refractivity contribution in [1.82, 2.24) is 0 Å². The van der Waals surface area contributed by atoms with Crippen molar-refractivity contribution in [2.45, 2.75) is 108 Å². The maximum Gasteiger partial charge on any atom is 0.303 e. The van der Waals surface area contributed by atoms with Crippen molar-refractivity contribution in [2.75, 3.05) is 0 Å². The van der Waals surface area contributed by atoms with Crippen molar-refractivity contribution in [2.24, 2.45) is 28.6 Å². The highest BCUT2D eigenvalue weighted by atomic mass is 16.6. The van der Waals surface area contributed by atoms with E-state index in [9.17, 15) is 24.9 Å². The molecule has 5 aliphatic rings. The molecule has 8 nitrogen and oxygen atoms in total. The highest BCUT2D eigenvalue weighted by Gasteiger charge is 2.84. The van der Waals surface area contributed by atoms with Crippen LogP contribution in [0.25, 0.3) is 0 Å². The van der Waals surface area contributed by atoms with Crippen LogP contribution < -0.4 is 0 Å². The largest absolute Gasteiger partial charge is 0.462 e. The van der Waals surface area contributed by atoms with Gasteiger partial charge in [0.1, 0.15) is 17.8 Å². The zero-order valence-electron chi connectivity index (χ0n) is 19.8. The third kappa shape index (κ3) is 2.53. The quantitative estimate of drug-likeness (QED) is 0.423. The molecule has 8 heteroatoms. The number of esters is 2. The molecule has 0 aromatic heterocycles. The first-order chi connectivity index (χ1) is 14.6. The highest BCUT2D eigenvalue weighted by molar-refractivity contribution is 5.67. The number of carbonyl (C=O) groups excluding carboxylic acids is 2. The van der Waals surface area contributed by atoms with E-state index in [1.54, 1.807) is 13.8 Å². The van der Waals surface area contributed by atoms with Gasteiger partial charge in [-0.25, -0.2) is 0 Å². The Balaban J connectivity index is 1.72. The first kappa shape index (κ1) is 22.6. The molecular weight excluding hydrogens is 416 g/mol. The van der Waals surface area contributed by atoms with Crippen molar-refractivity contribution in [3.63, 3.8) is 0 Å².